The van der Waals surface area contributed by atoms with Crippen molar-refractivity contribution in [2.24, 2.45) is 0 Å². The summed E-state index contributed by atoms with van der Waals surface area (Å²) in [5.41, 5.74) is 0. The van der Waals surface area contributed by atoms with Gasteiger partial charge in [-0.15, -0.1) is 0 Å². The summed E-state index contributed by atoms with van der Waals surface area (Å²) in [6.45, 7) is 6.56. The van der Waals surface area contributed by atoms with Crippen molar-refractivity contribution in [3.63, 3.8) is 0 Å². The fourth-order valence-corrected chi connectivity index (χ4v) is 6.65. The molecule has 0 aliphatic rings. The molecular formula is C41H78O6S. The molecule has 0 aliphatic carbocycles. The summed E-state index contributed by atoms with van der Waals surface area (Å²) < 4.78 is 16.6. The summed E-state index contributed by atoms with van der Waals surface area (Å²) in [6.07, 6.45) is 34.3. The molecule has 0 fully saturated rings. The zero-order chi connectivity index (χ0) is 35.2. The van der Waals surface area contributed by atoms with Crippen LogP contribution in [0.25, 0.3) is 0 Å². The van der Waals surface area contributed by atoms with Crippen LogP contribution in [0.2, 0.25) is 0 Å². The second kappa shape index (κ2) is 38.6. The molecule has 0 spiro atoms. The fraction of sp³-hybridized carbons (Fsp3) is 0.927. The Balaban J connectivity index is 4.28. The van der Waals surface area contributed by atoms with Crippen LogP contribution >= 0.6 is 11.8 Å². The van der Waals surface area contributed by atoms with Crippen LogP contribution in [0.1, 0.15) is 213 Å². The van der Waals surface area contributed by atoms with Gasteiger partial charge in [-0.05, 0) is 25.0 Å². The van der Waals surface area contributed by atoms with Crippen molar-refractivity contribution in [3.8, 4) is 0 Å². The van der Waals surface area contributed by atoms with Gasteiger partial charge in [-0.3, -0.25) is 14.4 Å². The normalized spacial score (nSPS) is 11.2. The summed E-state index contributed by atoms with van der Waals surface area (Å²) in [5, 5.41) is 0. The molecule has 0 N–H and O–H groups in total. The number of rotatable bonds is 38. The monoisotopic (exact) mass is 699 g/mol. The third-order valence-corrected chi connectivity index (χ3v) is 10.0. The van der Waals surface area contributed by atoms with Crippen molar-refractivity contribution in [3.05, 3.63) is 0 Å². The predicted octanol–water partition coefficient (Wildman–Crippen LogP) is 12.5. The molecule has 0 atom stereocenters. The molecule has 0 rings (SSSR count). The lowest BCUT2D eigenvalue weighted by molar-refractivity contribution is -0.165. The van der Waals surface area contributed by atoms with Crippen LogP contribution in [-0.4, -0.2) is 48.7 Å². The van der Waals surface area contributed by atoms with E-state index in [1.807, 2.05) is 0 Å². The summed E-state index contributed by atoms with van der Waals surface area (Å²) in [4.78, 5) is 37.4. The maximum absolute atomic E-state index is 12.6. The van der Waals surface area contributed by atoms with Crippen molar-refractivity contribution in [2.75, 3.05) is 24.7 Å². The molecule has 0 saturated carbocycles. The molecular weight excluding hydrogens is 621 g/mol. The second-order valence-electron chi connectivity index (χ2n) is 13.9. The standard InChI is InChI=1S/C41H78O6S/c1-4-7-10-13-16-19-20-21-22-25-28-31-34-48-37-41(44)47-38(35-45-39(42)32-29-26-23-17-14-11-8-5-2)36-46-40(43)33-30-27-24-18-15-12-9-6-3/h38H,4-37H2,1-3H3. The van der Waals surface area contributed by atoms with Gasteiger partial charge in [0.15, 0.2) is 6.10 Å². The van der Waals surface area contributed by atoms with Crippen LogP contribution in [0.5, 0.6) is 0 Å². The minimum absolute atomic E-state index is 0.0734. The Morgan fingerprint density at radius 1 is 0.417 bits per heavy atom. The summed E-state index contributed by atoms with van der Waals surface area (Å²) in [6, 6.07) is 0. The maximum atomic E-state index is 12.6. The van der Waals surface area contributed by atoms with Crippen molar-refractivity contribution in [1.82, 2.24) is 0 Å². The first-order valence-corrected chi connectivity index (χ1v) is 21.8. The SMILES string of the molecule is CCCCCCCCCCCCCCSCC(=O)OC(COC(=O)CCCCCCCCCC)COC(=O)CCCCCCCCCC. The Kier molecular flexibility index (Phi) is 37.6. The Morgan fingerprint density at radius 2 is 0.729 bits per heavy atom. The van der Waals surface area contributed by atoms with Crippen molar-refractivity contribution < 1.29 is 28.6 Å². The number of hydrogen-bond acceptors (Lipinski definition) is 7. The van der Waals surface area contributed by atoms with E-state index >= 15 is 0 Å². The maximum Gasteiger partial charge on any atom is 0.316 e. The zero-order valence-electron chi connectivity index (χ0n) is 32.0. The summed E-state index contributed by atoms with van der Waals surface area (Å²) >= 11 is 1.59. The van der Waals surface area contributed by atoms with Crippen molar-refractivity contribution >= 4 is 29.7 Å². The molecule has 0 aromatic rings. The number of ether oxygens (including phenoxy) is 3. The molecule has 0 aromatic carbocycles. The Bertz CT molecular complexity index is 679. The van der Waals surface area contributed by atoms with Gasteiger partial charge in [0.1, 0.15) is 13.2 Å². The minimum Gasteiger partial charge on any atom is -0.462 e. The van der Waals surface area contributed by atoms with Crippen molar-refractivity contribution in [1.29, 1.82) is 0 Å². The molecule has 0 aromatic heterocycles. The largest absolute Gasteiger partial charge is 0.462 e. The number of esters is 3. The highest BCUT2D eigenvalue weighted by Crippen LogP contribution is 2.15. The highest BCUT2D eigenvalue weighted by Gasteiger charge is 2.19. The van der Waals surface area contributed by atoms with Gasteiger partial charge in [0, 0.05) is 12.8 Å². The third-order valence-electron chi connectivity index (χ3n) is 8.99. The van der Waals surface area contributed by atoms with Crippen LogP contribution < -0.4 is 0 Å². The highest BCUT2D eigenvalue weighted by molar-refractivity contribution is 7.99. The number of hydrogen-bond donors (Lipinski definition) is 0. The van der Waals surface area contributed by atoms with Gasteiger partial charge < -0.3 is 14.2 Å². The van der Waals surface area contributed by atoms with E-state index in [0.29, 0.717) is 12.8 Å². The fourth-order valence-electron chi connectivity index (χ4n) is 5.86. The average molecular weight is 699 g/mol. The van der Waals surface area contributed by atoms with E-state index in [2.05, 4.69) is 20.8 Å². The minimum atomic E-state index is -0.769. The molecule has 0 aliphatic heterocycles. The first-order valence-electron chi connectivity index (χ1n) is 20.6. The van der Waals surface area contributed by atoms with Crippen molar-refractivity contribution in [2.45, 2.75) is 219 Å². The smallest absolute Gasteiger partial charge is 0.316 e. The first kappa shape index (κ1) is 46.8. The highest BCUT2D eigenvalue weighted by atomic mass is 32.2. The third kappa shape index (κ3) is 36.1. The summed E-state index contributed by atoms with van der Waals surface area (Å²) in [5.74, 6) is 0.273. The van der Waals surface area contributed by atoms with Crippen LogP contribution in [0, 0.1) is 0 Å². The molecule has 0 heterocycles. The molecule has 48 heavy (non-hydrogen) atoms. The van der Waals surface area contributed by atoms with Crippen LogP contribution in [0.15, 0.2) is 0 Å². The van der Waals surface area contributed by atoms with E-state index in [4.69, 9.17) is 14.2 Å². The van der Waals surface area contributed by atoms with Crippen LogP contribution in [0.4, 0.5) is 0 Å². The van der Waals surface area contributed by atoms with Gasteiger partial charge >= 0.3 is 17.9 Å². The van der Waals surface area contributed by atoms with Crippen LogP contribution in [-0.2, 0) is 28.6 Å². The van der Waals surface area contributed by atoms with Gasteiger partial charge in [-0.1, -0.05) is 181 Å². The quantitative estimate of drug-likeness (QED) is 0.0361. The van der Waals surface area contributed by atoms with E-state index in [-0.39, 0.29) is 36.9 Å². The van der Waals surface area contributed by atoms with E-state index < -0.39 is 6.10 Å². The Morgan fingerprint density at radius 3 is 1.08 bits per heavy atom. The van der Waals surface area contributed by atoms with Crippen LogP contribution in [0.3, 0.4) is 0 Å². The molecule has 6 nitrogen and oxygen atoms in total. The number of unbranched alkanes of at least 4 members (excludes halogenated alkanes) is 25. The molecule has 0 radical (unpaired) electrons. The molecule has 0 bridgehead atoms. The number of carbonyl (C=O) groups is 3. The second-order valence-corrected chi connectivity index (χ2v) is 15.0. The molecule has 7 heteroatoms. The van der Waals surface area contributed by atoms with E-state index in [9.17, 15) is 14.4 Å². The molecule has 0 saturated heterocycles. The van der Waals surface area contributed by atoms with Gasteiger partial charge in [-0.25, -0.2) is 0 Å². The molecule has 0 unspecified atom stereocenters. The first-order chi connectivity index (χ1) is 23.5. The number of carbonyl (C=O) groups excluding carboxylic acids is 3. The Hall–Kier alpha value is -1.24. The zero-order valence-corrected chi connectivity index (χ0v) is 32.8. The predicted molar refractivity (Wildman–Crippen MR) is 205 cm³/mol. The lowest BCUT2D eigenvalue weighted by atomic mass is 10.1. The Labute approximate surface area is 301 Å². The van der Waals surface area contributed by atoms with Gasteiger partial charge in [0.05, 0.1) is 5.75 Å². The topological polar surface area (TPSA) is 78.9 Å². The summed E-state index contributed by atoms with van der Waals surface area (Å²) in [7, 11) is 0. The lowest BCUT2D eigenvalue weighted by Gasteiger charge is -2.18. The lowest BCUT2D eigenvalue weighted by Crippen LogP contribution is -2.31. The molecule has 0 amide bonds. The van der Waals surface area contributed by atoms with Gasteiger partial charge in [0.2, 0.25) is 0 Å². The van der Waals surface area contributed by atoms with Gasteiger partial charge in [-0.2, -0.15) is 11.8 Å². The molecule has 284 valence electrons. The van der Waals surface area contributed by atoms with E-state index in [1.54, 1.807) is 11.8 Å². The van der Waals surface area contributed by atoms with Gasteiger partial charge in [0.25, 0.3) is 0 Å². The van der Waals surface area contributed by atoms with E-state index in [0.717, 1.165) is 50.7 Å². The number of thioether (sulfide) groups is 1. The average Bonchev–Trinajstić information content (AvgIpc) is 3.08. The van der Waals surface area contributed by atoms with E-state index in [1.165, 1.54) is 135 Å².